The van der Waals surface area contributed by atoms with E-state index in [-0.39, 0.29) is 5.41 Å². The molecule has 0 atom stereocenters. The Hall–Kier alpha value is -2.04. The van der Waals surface area contributed by atoms with Crippen LogP contribution in [0.15, 0.2) is 18.2 Å². The summed E-state index contributed by atoms with van der Waals surface area (Å²) in [5, 5.41) is 0. The average molecular weight is 264 g/mol. The van der Waals surface area contributed by atoms with Crippen molar-refractivity contribution >= 4 is 17.5 Å². The number of hydrogen-bond donors (Lipinski definition) is 1. The van der Waals surface area contributed by atoms with Crippen LogP contribution in [0.1, 0.15) is 26.3 Å². The number of nitrogens with two attached hydrogens (primary N) is 1. The third-order valence-corrected chi connectivity index (χ3v) is 2.92. The average Bonchev–Trinajstić information content (AvgIpc) is 2.34. The molecule has 0 aliphatic rings. The first-order valence-corrected chi connectivity index (χ1v) is 5.94. The topological polar surface area (TPSA) is 72.6 Å². The van der Waals surface area contributed by atoms with E-state index in [1.54, 1.807) is 6.07 Å². The number of rotatable bonds is 2. The summed E-state index contributed by atoms with van der Waals surface area (Å²) in [4.78, 5) is 23.9. The second-order valence-corrected chi connectivity index (χ2v) is 5.37. The van der Waals surface area contributed by atoms with Crippen molar-refractivity contribution in [3.05, 3.63) is 23.8 Å². The predicted octanol–water partition coefficient (Wildman–Crippen LogP) is 1.44. The SMILES string of the molecule is COc1ccc(C(C)(C)C)cc1N(C)C(=O)C(N)=O. The molecule has 2 amide bonds. The number of amides is 2. The zero-order chi connectivity index (χ0) is 14.8. The number of likely N-dealkylation sites (N-methyl/N-ethyl adjacent to an activating group) is 1. The fourth-order valence-corrected chi connectivity index (χ4v) is 1.69. The quantitative estimate of drug-likeness (QED) is 0.821. The minimum Gasteiger partial charge on any atom is -0.495 e. The maximum atomic E-state index is 11.7. The Balaban J connectivity index is 3.31. The second kappa shape index (κ2) is 5.30. The van der Waals surface area contributed by atoms with Crippen molar-refractivity contribution in [1.29, 1.82) is 0 Å². The molecule has 0 radical (unpaired) electrons. The molecule has 0 saturated carbocycles. The van der Waals surface area contributed by atoms with Gasteiger partial charge in [-0.15, -0.1) is 0 Å². The first kappa shape index (κ1) is 15.0. The van der Waals surface area contributed by atoms with E-state index in [9.17, 15) is 9.59 Å². The van der Waals surface area contributed by atoms with E-state index >= 15 is 0 Å². The van der Waals surface area contributed by atoms with E-state index in [1.165, 1.54) is 19.1 Å². The summed E-state index contributed by atoms with van der Waals surface area (Å²) in [5.41, 5.74) is 6.51. The van der Waals surface area contributed by atoms with Gasteiger partial charge in [0.2, 0.25) is 0 Å². The Morgan fingerprint density at radius 1 is 1.26 bits per heavy atom. The summed E-state index contributed by atoms with van der Waals surface area (Å²) >= 11 is 0. The highest BCUT2D eigenvalue weighted by Gasteiger charge is 2.22. The maximum Gasteiger partial charge on any atom is 0.315 e. The van der Waals surface area contributed by atoms with Crippen LogP contribution in [-0.2, 0) is 15.0 Å². The van der Waals surface area contributed by atoms with Gasteiger partial charge < -0.3 is 15.4 Å². The second-order valence-electron chi connectivity index (χ2n) is 5.37. The first-order chi connectivity index (χ1) is 8.68. The highest BCUT2D eigenvalue weighted by atomic mass is 16.5. The van der Waals surface area contributed by atoms with Crippen molar-refractivity contribution in [2.75, 3.05) is 19.1 Å². The van der Waals surface area contributed by atoms with Crippen LogP contribution >= 0.6 is 0 Å². The van der Waals surface area contributed by atoms with Crippen LogP contribution in [0.25, 0.3) is 0 Å². The third kappa shape index (κ3) is 3.24. The standard InChI is InChI=1S/C14H20N2O3/c1-14(2,3)9-6-7-11(19-5)10(8-9)16(4)13(18)12(15)17/h6-8H,1-5H3,(H2,15,17). The van der Waals surface area contributed by atoms with Gasteiger partial charge in [0.15, 0.2) is 0 Å². The zero-order valence-electron chi connectivity index (χ0n) is 12.0. The van der Waals surface area contributed by atoms with Gasteiger partial charge >= 0.3 is 11.8 Å². The van der Waals surface area contributed by atoms with E-state index in [0.29, 0.717) is 11.4 Å². The number of carbonyl (C=O) groups excluding carboxylic acids is 2. The van der Waals surface area contributed by atoms with Gasteiger partial charge in [-0.25, -0.2) is 0 Å². The number of nitrogens with zero attached hydrogens (tertiary/aromatic N) is 1. The van der Waals surface area contributed by atoms with Gasteiger partial charge in [0, 0.05) is 7.05 Å². The van der Waals surface area contributed by atoms with E-state index in [0.717, 1.165) is 5.56 Å². The number of hydrogen-bond acceptors (Lipinski definition) is 3. The van der Waals surface area contributed by atoms with Crippen LogP contribution < -0.4 is 15.4 Å². The van der Waals surface area contributed by atoms with Crippen LogP contribution in [0, 0.1) is 0 Å². The number of anilines is 1. The fourth-order valence-electron chi connectivity index (χ4n) is 1.69. The van der Waals surface area contributed by atoms with Gasteiger partial charge in [-0.3, -0.25) is 9.59 Å². The van der Waals surface area contributed by atoms with E-state index in [4.69, 9.17) is 10.5 Å². The third-order valence-electron chi connectivity index (χ3n) is 2.92. The van der Waals surface area contributed by atoms with Gasteiger partial charge in [-0.05, 0) is 23.1 Å². The highest BCUT2D eigenvalue weighted by molar-refractivity contribution is 6.39. The van der Waals surface area contributed by atoms with Crippen molar-refractivity contribution in [3.63, 3.8) is 0 Å². The van der Waals surface area contributed by atoms with Crippen molar-refractivity contribution in [3.8, 4) is 5.75 Å². The van der Waals surface area contributed by atoms with Crippen LogP contribution in [0.5, 0.6) is 5.75 Å². The summed E-state index contributed by atoms with van der Waals surface area (Å²) in [5.74, 6) is -1.25. The van der Waals surface area contributed by atoms with E-state index < -0.39 is 11.8 Å². The Labute approximate surface area is 113 Å². The minimum atomic E-state index is -0.995. The largest absolute Gasteiger partial charge is 0.495 e. The van der Waals surface area contributed by atoms with Crippen LogP contribution in [0.2, 0.25) is 0 Å². The molecule has 0 aliphatic heterocycles. The first-order valence-electron chi connectivity index (χ1n) is 5.94. The maximum absolute atomic E-state index is 11.7. The van der Waals surface area contributed by atoms with Crippen LogP contribution in [0.4, 0.5) is 5.69 Å². The molecule has 2 N–H and O–H groups in total. The molecule has 0 spiro atoms. The summed E-state index contributed by atoms with van der Waals surface area (Å²) in [7, 11) is 3.01. The zero-order valence-corrected chi connectivity index (χ0v) is 12.0. The number of benzene rings is 1. The van der Waals surface area contributed by atoms with Crippen molar-refractivity contribution < 1.29 is 14.3 Å². The normalized spacial score (nSPS) is 11.0. The molecule has 5 nitrogen and oxygen atoms in total. The molecule has 0 aliphatic carbocycles. The molecular formula is C14H20N2O3. The molecule has 5 heteroatoms. The molecule has 0 unspecified atom stereocenters. The van der Waals surface area contributed by atoms with Crippen LogP contribution in [0.3, 0.4) is 0 Å². The predicted molar refractivity (Wildman–Crippen MR) is 74.3 cm³/mol. The lowest BCUT2D eigenvalue weighted by Crippen LogP contribution is -2.38. The highest BCUT2D eigenvalue weighted by Crippen LogP contribution is 2.33. The lowest BCUT2D eigenvalue weighted by Gasteiger charge is -2.24. The summed E-state index contributed by atoms with van der Waals surface area (Å²) < 4.78 is 5.22. The number of ether oxygens (including phenoxy) is 1. The van der Waals surface area contributed by atoms with Gasteiger partial charge in [-0.1, -0.05) is 26.8 Å². The number of methoxy groups -OCH3 is 1. The fraction of sp³-hybridized carbons (Fsp3) is 0.429. The van der Waals surface area contributed by atoms with Crippen molar-refractivity contribution in [1.82, 2.24) is 0 Å². The lowest BCUT2D eigenvalue weighted by molar-refractivity contribution is -0.135. The van der Waals surface area contributed by atoms with Gasteiger partial charge in [0.1, 0.15) is 5.75 Å². The molecule has 0 bridgehead atoms. The monoisotopic (exact) mass is 264 g/mol. The molecule has 1 aromatic carbocycles. The van der Waals surface area contributed by atoms with Gasteiger partial charge in [-0.2, -0.15) is 0 Å². The minimum absolute atomic E-state index is 0.0718. The number of carbonyl (C=O) groups is 2. The number of primary amides is 1. The molecule has 19 heavy (non-hydrogen) atoms. The molecule has 0 saturated heterocycles. The summed E-state index contributed by atoms with van der Waals surface area (Å²) in [6, 6.07) is 5.55. The Morgan fingerprint density at radius 3 is 2.26 bits per heavy atom. The lowest BCUT2D eigenvalue weighted by atomic mass is 9.86. The Bertz CT molecular complexity index is 504. The van der Waals surface area contributed by atoms with E-state index in [2.05, 4.69) is 20.8 Å². The van der Waals surface area contributed by atoms with Gasteiger partial charge in [0.05, 0.1) is 12.8 Å². The van der Waals surface area contributed by atoms with Gasteiger partial charge in [0.25, 0.3) is 0 Å². The van der Waals surface area contributed by atoms with Crippen molar-refractivity contribution in [2.24, 2.45) is 5.73 Å². The smallest absolute Gasteiger partial charge is 0.315 e. The van der Waals surface area contributed by atoms with E-state index in [1.807, 2.05) is 12.1 Å². The molecule has 1 rings (SSSR count). The molecular weight excluding hydrogens is 244 g/mol. The summed E-state index contributed by atoms with van der Waals surface area (Å²) in [6.45, 7) is 6.19. The van der Waals surface area contributed by atoms with Crippen molar-refractivity contribution in [2.45, 2.75) is 26.2 Å². The molecule has 0 aromatic heterocycles. The van der Waals surface area contributed by atoms with Crippen LogP contribution in [-0.4, -0.2) is 26.0 Å². The Morgan fingerprint density at radius 2 is 1.84 bits per heavy atom. The molecule has 1 aromatic rings. The molecule has 104 valence electrons. The molecule has 0 heterocycles. The molecule has 0 fully saturated rings. The summed E-state index contributed by atoms with van der Waals surface area (Å²) in [6.07, 6.45) is 0. The Kier molecular flexibility index (Phi) is 4.19.